The molecule has 0 spiro atoms. The van der Waals surface area contributed by atoms with Crippen LogP contribution in [0.1, 0.15) is 11.1 Å². The summed E-state index contributed by atoms with van der Waals surface area (Å²) in [5.74, 6) is 0. The fourth-order valence-electron chi connectivity index (χ4n) is 9.33. The van der Waals surface area contributed by atoms with E-state index in [1.807, 2.05) is 0 Å². The van der Waals surface area contributed by atoms with Crippen molar-refractivity contribution in [3.63, 3.8) is 0 Å². The largest absolute Gasteiger partial charge is 0.311 e. The molecule has 290 valence electrons. The first-order valence-corrected chi connectivity index (χ1v) is 21.1. The first kappa shape index (κ1) is 36.3. The third-order valence-electron chi connectivity index (χ3n) is 12.1. The van der Waals surface area contributed by atoms with E-state index in [0.29, 0.717) is 0 Å². The molecule has 2 aliphatic rings. The van der Waals surface area contributed by atoms with Gasteiger partial charge in [0.2, 0.25) is 0 Å². The number of anilines is 12. The van der Waals surface area contributed by atoms with E-state index in [4.69, 9.17) is 0 Å². The van der Waals surface area contributed by atoms with Crippen molar-refractivity contribution in [2.24, 2.45) is 0 Å². The van der Waals surface area contributed by atoms with Crippen LogP contribution in [0.25, 0.3) is 0 Å². The Kier molecular flexibility index (Phi) is 9.01. The van der Waals surface area contributed by atoms with Crippen molar-refractivity contribution < 1.29 is 0 Å². The molecule has 5 heteroatoms. The second kappa shape index (κ2) is 15.1. The zero-order valence-electron chi connectivity index (χ0n) is 34.2. The standard InChI is InChI=1S/C56H43BN4/c1-40-27-31-46(32-28-40)58(42-17-7-3-8-18-42)48-35-36-51-53(37-48)61(47-33-29-41(2)30-34-47)55-39-49(59(43-19-9-4-10-20-43)44-21-11-5-12-22-44)38-54-56(55)57(51)50-25-15-16-26-52(50)60(54)45-23-13-6-14-24-45/h3-39H,1-2H3. The number of hydrogen-bond donors (Lipinski definition) is 0. The van der Waals surface area contributed by atoms with Gasteiger partial charge in [0.05, 0.1) is 5.69 Å². The Morgan fingerprint density at radius 3 is 1.28 bits per heavy atom. The summed E-state index contributed by atoms with van der Waals surface area (Å²) in [5.41, 5.74) is 19.8. The zero-order chi connectivity index (χ0) is 40.9. The molecule has 9 aromatic carbocycles. The van der Waals surface area contributed by atoms with Crippen LogP contribution in [0.5, 0.6) is 0 Å². The highest BCUT2D eigenvalue weighted by molar-refractivity contribution is 7.00. The minimum Gasteiger partial charge on any atom is -0.311 e. The summed E-state index contributed by atoms with van der Waals surface area (Å²) in [6, 6.07) is 81.9. The molecular weight excluding hydrogens is 739 g/mol. The van der Waals surface area contributed by atoms with Crippen molar-refractivity contribution in [2.75, 3.05) is 19.6 Å². The third kappa shape index (κ3) is 6.34. The van der Waals surface area contributed by atoms with E-state index in [2.05, 4.69) is 258 Å². The van der Waals surface area contributed by atoms with E-state index >= 15 is 0 Å². The second-order valence-corrected chi connectivity index (χ2v) is 16.0. The summed E-state index contributed by atoms with van der Waals surface area (Å²) in [6.07, 6.45) is 0. The molecule has 0 aromatic heterocycles. The summed E-state index contributed by atoms with van der Waals surface area (Å²) in [5, 5.41) is 0. The van der Waals surface area contributed by atoms with Crippen molar-refractivity contribution in [3.8, 4) is 0 Å². The number of hydrogen-bond acceptors (Lipinski definition) is 4. The summed E-state index contributed by atoms with van der Waals surface area (Å²) >= 11 is 0. The van der Waals surface area contributed by atoms with Crippen LogP contribution in [0.4, 0.5) is 68.2 Å². The van der Waals surface area contributed by atoms with E-state index in [-0.39, 0.29) is 6.71 Å². The van der Waals surface area contributed by atoms with E-state index in [1.54, 1.807) is 0 Å². The first-order valence-electron chi connectivity index (χ1n) is 21.1. The van der Waals surface area contributed by atoms with Crippen molar-refractivity contribution in [1.29, 1.82) is 0 Å². The third-order valence-corrected chi connectivity index (χ3v) is 12.1. The van der Waals surface area contributed by atoms with Gasteiger partial charge >= 0.3 is 0 Å². The number of rotatable bonds is 8. The Labute approximate surface area is 358 Å². The number of fused-ring (bicyclic) bond motifs is 4. The molecule has 0 unspecified atom stereocenters. The van der Waals surface area contributed by atoms with Gasteiger partial charge in [-0.1, -0.05) is 132 Å². The van der Waals surface area contributed by atoms with Gasteiger partial charge in [-0.05, 0) is 133 Å². The maximum atomic E-state index is 2.51. The monoisotopic (exact) mass is 782 g/mol. The van der Waals surface area contributed by atoms with Crippen LogP contribution < -0.4 is 36.0 Å². The van der Waals surface area contributed by atoms with Gasteiger partial charge in [-0.2, -0.15) is 0 Å². The van der Waals surface area contributed by atoms with Crippen LogP contribution >= 0.6 is 0 Å². The normalized spacial score (nSPS) is 12.3. The van der Waals surface area contributed by atoms with Crippen LogP contribution in [0.3, 0.4) is 0 Å². The quantitative estimate of drug-likeness (QED) is 0.142. The molecule has 61 heavy (non-hydrogen) atoms. The average Bonchev–Trinajstić information content (AvgIpc) is 3.31. The lowest BCUT2D eigenvalue weighted by Gasteiger charge is -2.45. The van der Waals surface area contributed by atoms with Gasteiger partial charge < -0.3 is 19.6 Å². The molecule has 4 nitrogen and oxygen atoms in total. The number of nitrogens with zero attached hydrogens (tertiary/aromatic N) is 4. The van der Waals surface area contributed by atoms with Gasteiger partial charge in [0.15, 0.2) is 0 Å². The molecule has 11 rings (SSSR count). The van der Waals surface area contributed by atoms with Crippen molar-refractivity contribution in [1.82, 2.24) is 0 Å². The van der Waals surface area contributed by atoms with Gasteiger partial charge in [0, 0.05) is 62.6 Å². The van der Waals surface area contributed by atoms with Gasteiger partial charge in [-0.3, -0.25) is 0 Å². The SMILES string of the molecule is Cc1ccc(N(c2ccccc2)c2ccc3c(c2)N(c2ccc(C)cc2)c2cc(N(c4ccccc4)c4ccccc4)cc4c2B3c2ccccc2N4c2ccccc2)cc1. The van der Waals surface area contributed by atoms with Crippen molar-refractivity contribution in [3.05, 3.63) is 236 Å². The molecule has 2 aliphatic heterocycles. The number of benzene rings is 9. The van der Waals surface area contributed by atoms with Crippen LogP contribution in [0.15, 0.2) is 224 Å². The summed E-state index contributed by atoms with van der Waals surface area (Å²) in [4.78, 5) is 9.76. The van der Waals surface area contributed by atoms with Gasteiger partial charge in [0.25, 0.3) is 6.71 Å². The predicted molar refractivity (Wildman–Crippen MR) is 259 cm³/mol. The molecule has 0 amide bonds. The highest BCUT2D eigenvalue weighted by Gasteiger charge is 2.44. The highest BCUT2D eigenvalue weighted by Crippen LogP contribution is 2.49. The van der Waals surface area contributed by atoms with E-state index < -0.39 is 0 Å². The predicted octanol–water partition coefficient (Wildman–Crippen LogP) is 13.3. The minimum atomic E-state index is -0.0209. The number of aryl methyl sites for hydroxylation is 2. The lowest BCUT2D eigenvalue weighted by atomic mass is 9.33. The van der Waals surface area contributed by atoms with Crippen LogP contribution in [0, 0.1) is 13.8 Å². The van der Waals surface area contributed by atoms with Crippen LogP contribution in [-0.2, 0) is 0 Å². The zero-order valence-corrected chi connectivity index (χ0v) is 34.2. The molecule has 9 aromatic rings. The van der Waals surface area contributed by atoms with E-state index in [0.717, 1.165) is 62.6 Å². The molecule has 0 N–H and O–H groups in total. The second-order valence-electron chi connectivity index (χ2n) is 16.0. The Balaban J connectivity index is 1.23. The molecule has 0 fully saturated rings. The Hall–Kier alpha value is -7.76. The number of para-hydroxylation sites is 5. The van der Waals surface area contributed by atoms with Gasteiger partial charge in [-0.25, -0.2) is 0 Å². The van der Waals surface area contributed by atoms with Crippen LogP contribution in [0.2, 0.25) is 0 Å². The lowest BCUT2D eigenvalue weighted by molar-refractivity contribution is 1.22. The molecular formula is C56H43BN4. The van der Waals surface area contributed by atoms with Gasteiger partial charge in [0.1, 0.15) is 0 Å². The molecule has 0 bridgehead atoms. The molecule has 0 radical (unpaired) electrons. The first-order chi connectivity index (χ1) is 30.1. The van der Waals surface area contributed by atoms with Crippen molar-refractivity contribution in [2.45, 2.75) is 13.8 Å². The summed E-state index contributed by atoms with van der Waals surface area (Å²) < 4.78 is 0. The lowest BCUT2D eigenvalue weighted by Crippen LogP contribution is -2.61. The Morgan fingerprint density at radius 1 is 0.311 bits per heavy atom. The Bertz CT molecular complexity index is 2950. The topological polar surface area (TPSA) is 13.0 Å². The minimum absolute atomic E-state index is 0.0209. The average molecular weight is 783 g/mol. The van der Waals surface area contributed by atoms with E-state index in [9.17, 15) is 0 Å². The fourth-order valence-corrected chi connectivity index (χ4v) is 9.33. The van der Waals surface area contributed by atoms with E-state index in [1.165, 1.54) is 33.2 Å². The molecule has 0 saturated heterocycles. The molecule has 2 heterocycles. The summed E-state index contributed by atoms with van der Waals surface area (Å²) in [7, 11) is 0. The maximum Gasteiger partial charge on any atom is 0.252 e. The molecule has 0 aliphatic carbocycles. The summed E-state index contributed by atoms with van der Waals surface area (Å²) in [6.45, 7) is 4.29. The Morgan fingerprint density at radius 2 is 0.705 bits per heavy atom. The fraction of sp³-hybridized carbons (Fsp3) is 0.0357. The smallest absolute Gasteiger partial charge is 0.252 e. The highest BCUT2D eigenvalue weighted by atomic mass is 15.2. The van der Waals surface area contributed by atoms with Gasteiger partial charge in [-0.15, -0.1) is 0 Å². The van der Waals surface area contributed by atoms with Crippen molar-refractivity contribution >= 4 is 91.3 Å². The molecule has 0 saturated carbocycles. The maximum absolute atomic E-state index is 2.51. The molecule has 0 atom stereocenters. The van der Waals surface area contributed by atoms with Crippen LogP contribution in [-0.4, -0.2) is 6.71 Å².